The van der Waals surface area contributed by atoms with Crippen LogP contribution >= 0.6 is 12.4 Å². The van der Waals surface area contributed by atoms with Gasteiger partial charge < -0.3 is 15.8 Å². The highest BCUT2D eigenvalue weighted by molar-refractivity contribution is 5.85. The van der Waals surface area contributed by atoms with Crippen molar-refractivity contribution in [2.75, 3.05) is 13.2 Å². The number of fused-ring (bicyclic) bond motifs is 1. The molecule has 2 rings (SSSR count). The first-order chi connectivity index (χ1) is 10.6. The molecular formula is C18H25ClN2O2. The van der Waals surface area contributed by atoms with Crippen LogP contribution in [0.25, 0.3) is 10.8 Å². The molecule has 0 saturated heterocycles. The topological polar surface area (TPSA) is 64.4 Å². The fourth-order valence-electron chi connectivity index (χ4n) is 2.35. The van der Waals surface area contributed by atoms with Crippen molar-refractivity contribution in [2.45, 2.75) is 26.3 Å². The molecule has 5 heteroatoms. The number of rotatable bonds is 7. The van der Waals surface area contributed by atoms with Gasteiger partial charge in [-0.15, -0.1) is 12.4 Å². The number of carbonyl (C=O) groups is 1. The van der Waals surface area contributed by atoms with Gasteiger partial charge in [0.05, 0.1) is 12.6 Å². The van der Waals surface area contributed by atoms with Gasteiger partial charge in [0.15, 0.2) is 0 Å². The van der Waals surface area contributed by atoms with E-state index in [1.165, 1.54) is 5.39 Å². The first-order valence-electron chi connectivity index (χ1n) is 7.71. The van der Waals surface area contributed by atoms with Gasteiger partial charge in [0.1, 0.15) is 12.4 Å². The van der Waals surface area contributed by atoms with Gasteiger partial charge in [-0.2, -0.15) is 0 Å². The van der Waals surface area contributed by atoms with Crippen LogP contribution in [0, 0.1) is 5.92 Å². The highest BCUT2D eigenvalue weighted by atomic mass is 35.5. The minimum absolute atomic E-state index is 0. The molecule has 0 aliphatic heterocycles. The predicted octanol–water partition coefficient (Wildman–Crippen LogP) is 3.13. The van der Waals surface area contributed by atoms with E-state index in [2.05, 4.69) is 31.3 Å². The third kappa shape index (κ3) is 6.08. The first kappa shape index (κ1) is 19.3. The number of nitrogens with two attached hydrogens (primary N) is 1. The molecule has 0 unspecified atom stereocenters. The Labute approximate surface area is 143 Å². The number of amides is 1. The summed E-state index contributed by atoms with van der Waals surface area (Å²) in [5.74, 6) is 1.10. The van der Waals surface area contributed by atoms with Crippen molar-refractivity contribution in [3.8, 4) is 5.75 Å². The smallest absolute Gasteiger partial charge is 0.237 e. The predicted molar refractivity (Wildman–Crippen MR) is 97.1 cm³/mol. The fraction of sp³-hybridized carbons (Fsp3) is 0.389. The van der Waals surface area contributed by atoms with Gasteiger partial charge in [0.25, 0.3) is 0 Å². The monoisotopic (exact) mass is 336 g/mol. The van der Waals surface area contributed by atoms with Crippen molar-refractivity contribution in [3.05, 3.63) is 42.5 Å². The van der Waals surface area contributed by atoms with E-state index in [9.17, 15) is 4.79 Å². The summed E-state index contributed by atoms with van der Waals surface area (Å²) in [5, 5.41) is 5.13. The summed E-state index contributed by atoms with van der Waals surface area (Å²) >= 11 is 0. The number of carbonyl (C=O) groups excluding carboxylic acids is 1. The Kier molecular flexibility index (Phi) is 7.86. The summed E-state index contributed by atoms with van der Waals surface area (Å²) < 4.78 is 5.67. The zero-order valence-corrected chi connectivity index (χ0v) is 14.4. The molecule has 0 spiro atoms. The lowest BCUT2D eigenvalue weighted by atomic mass is 10.0. The fourth-order valence-corrected chi connectivity index (χ4v) is 2.35. The van der Waals surface area contributed by atoms with Gasteiger partial charge in [-0.1, -0.05) is 44.2 Å². The normalized spacial score (nSPS) is 11.8. The molecule has 0 aliphatic carbocycles. The number of hydrogen-bond donors (Lipinski definition) is 2. The van der Waals surface area contributed by atoms with Crippen molar-refractivity contribution in [1.82, 2.24) is 5.32 Å². The molecule has 0 aliphatic rings. The average Bonchev–Trinajstić information content (AvgIpc) is 2.50. The SMILES string of the molecule is CC(C)C[C@H](N)C(=O)NCCOc1ccc2ccccc2c1.Cl. The summed E-state index contributed by atoms with van der Waals surface area (Å²) in [4.78, 5) is 11.8. The second kappa shape index (κ2) is 9.38. The summed E-state index contributed by atoms with van der Waals surface area (Å²) in [6.45, 7) is 4.99. The molecule has 2 aromatic carbocycles. The molecule has 126 valence electrons. The van der Waals surface area contributed by atoms with Gasteiger partial charge in [-0.25, -0.2) is 0 Å². The molecule has 0 fully saturated rings. The lowest BCUT2D eigenvalue weighted by Gasteiger charge is -2.14. The summed E-state index contributed by atoms with van der Waals surface area (Å²) in [6, 6.07) is 13.7. The van der Waals surface area contributed by atoms with Gasteiger partial charge in [-0.3, -0.25) is 4.79 Å². The van der Waals surface area contributed by atoms with Crippen LogP contribution in [0.15, 0.2) is 42.5 Å². The Morgan fingerprint density at radius 1 is 1.17 bits per heavy atom. The van der Waals surface area contributed by atoms with E-state index in [-0.39, 0.29) is 18.3 Å². The zero-order valence-electron chi connectivity index (χ0n) is 13.6. The minimum Gasteiger partial charge on any atom is -0.492 e. The second-order valence-electron chi connectivity index (χ2n) is 5.88. The first-order valence-corrected chi connectivity index (χ1v) is 7.71. The lowest BCUT2D eigenvalue weighted by molar-refractivity contribution is -0.122. The molecule has 2 aromatic rings. The zero-order chi connectivity index (χ0) is 15.9. The van der Waals surface area contributed by atoms with Crippen LogP contribution in [0.3, 0.4) is 0 Å². The maximum atomic E-state index is 11.8. The molecule has 0 radical (unpaired) electrons. The molecule has 23 heavy (non-hydrogen) atoms. The Morgan fingerprint density at radius 3 is 2.57 bits per heavy atom. The lowest BCUT2D eigenvalue weighted by Crippen LogP contribution is -2.42. The van der Waals surface area contributed by atoms with E-state index in [4.69, 9.17) is 10.5 Å². The van der Waals surface area contributed by atoms with Gasteiger partial charge in [0, 0.05) is 0 Å². The molecule has 1 amide bonds. The Hall–Kier alpha value is -1.78. The Balaban J connectivity index is 0.00000264. The van der Waals surface area contributed by atoms with Gasteiger partial charge in [-0.05, 0) is 35.2 Å². The number of ether oxygens (including phenoxy) is 1. The van der Waals surface area contributed by atoms with Crippen LogP contribution < -0.4 is 15.8 Å². The molecule has 1 atom stereocenters. The van der Waals surface area contributed by atoms with Gasteiger partial charge >= 0.3 is 0 Å². The summed E-state index contributed by atoms with van der Waals surface area (Å²) in [7, 11) is 0. The maximum Gasteiger partial charge on any atom is 0.237 e. The third-order valence-electron chi connectivity index (χ3n) is 3.45. The molecule has 3 N–H and O–H groups in total. The second-order valence-corrected chi connectivity index (χ2v) is 5.88. The van der Waals surface area contributed by atoms with Gasteiger partial charge in [0.2, 0.25) is 5.91 Å². The molecule has 0 aromatic heterocycles. The quantitative estimate of drug-likeness (QED) is 0.763. The summed E-state index contributed by atoms with van der Waals surface area (Å²) in [5.41, 5.74) is 5.82. The number of nitrogens with one attached hydrogen (secondary N) is 1. The van der Waals surface area contributed by atoms with E-state index in [1.807, 2.05) is 30.3 Å². The van der Waals surface area contributed by atoms with Crippen LogP contribution in [-0.4, -0.2) is 25.1 Å². The number of hydrogen-bond acceptors (Lipinski definition) is 3. The minimum atomic E-state index is -0.444. The van der Waals surface area contributed by atoms with E-state index in [0.29, 0.717) is 25.5 Å². The van der Waals surface area contributed by atoms with Crippen molar-refractivity contribution < 1.29 is 9.53 Å². The molecule has 0 heterocycles. The van der Waals surface area contributed by atoms with Crippen molar-refractivity contribution in [2.24, 2.45) is 11.7 Å². The highest BCUT2D eigenvalue weighted by Gasteiger charge is 2.13. The van der Waals surface area contributed by atoms with Crippen LogP contribution in [0.2, 0.25) is 0 Å². The van der Waals surface area contributed by atoms with Crippen LogP contribution in [0.1, 0.15) is 20.3 Å². The van der Waals surface area contributed by atoms with E-state index >= 15 is 0 Å². The molecule has 0 bridgehead atoms. The van der Waals surface area contributed by atoms with Crippen LogP contribution in [-0.2, 0) is 4.79 Å². The van der Waals surface area contributed by atoms with Crippen molar-refractivity contribution >= 4 is 29.1 Å². The highest BCUT2D eigenvalue weighted by Crippen LogP contribution is 2.20. The number of halogens is 1. The average molecular weight is 337 g/mol. The van der Waals surface area contributed by atoms with E-state index < -0.39 is 6.04 Å². The van der Waals surface area contributed by atoms with Crippen molar-refractivity contribution in [1.29, 1.82) is 0 Å². The molecule has 4 nitrogen and oxygen atoms in total. The maximum absolute atomic E-state index is 11.8. The summed E-state index contributed by atoms with van der Waals surface area (Å²) in [6.07, 6.45) is 0.692. The van der Waals surface area contributed by atoms with Crippen LogP contribution in [0.5, 0.6) is 5.75 Å². The standard InChI is InChI=1S/C18H24N2O2.ClH/c1-13(2)11-17(19)18(21)20-9-10-22-16-8-7-14-5-3-4-6-15(14)12-16;/h3-8,12-13,17H,9-11,19H2,1-2H3,(H,20,21);1H/t17-;/m0./s1. The van der Waals surface area contributed by atoms with E-state index in [1.54, 1.807) is 0 Å². The largest absolute Gasteiger partial charge is 0.492 e. The number of benzene rings is 2. The Bertz CT molecular complexity index is 631. The van der Waals surface area contributed by atoms with Crippen molar-refractivity contribution in [3.63, 3.8) is 0 Å². The Morgan fingerprint density at radius 2 is 1.87 bits per heavy atom. The van der Waals surface area contributed by atoms with E-state index in [0.717, 1.165) is 11.1 Å². The molecular weight excluding hydrogens is 312 g/mol. The molecule has 0 saturated carbocycles. The third-order valence-corrected chi connectivity index (χ3v) is 3.45. The van der Waals surface area contributed by atoms with Crippen LogP contribution in [0.4, 0.5) is 0 Å².